The SMILES string of the molecule is CCN(c1ccc(CNCC(C)C)nn1)C(C)C. The van der Waals surface area contributed by atoms with Crippen LogP contribution in [0.3, 0.4) is 0 Å². The number of anilines is 1. The second-order valence-electron chi connectivity index (χ2n) is 5.29. The van der Waals surface area contributed by atoms with E-state index in [0.29, 0.717) is 12.0 Å². The van der Waals surface area contributed by atoms with Crippen LogP contribution >= 0.6 is 0 Å². The molecule has 0 amide bonds. The monoisotopic (exact) mass is 250 g/mol. The van der Waals surface area contributed by atoms with Crippen molar-refractivity contribution in [3.63, 3.8) is 0 Å². The molecule has 0 saturated heterocycles. The maximum atomic E-state index is 4.30. The molecule has 0 saturated carbocycles. The smallest absolute Gasteiger partial charge is 0.151 e. The Balaban J connectivity index is 2.56. The molecule has 0 spiro atoms. The summed E-state index contributed by atoms with van der Waals surface area (Å²) in [6, 6.07) is 4.57. The van der Waals surface area contributed by atoms with Crippen molar-refractivity contribution in [2.45, 2.75) is 47.2 Å². The summed E-state index contributed by atoms with van der Waals surface area (Å²) in [6.07, 6.45) is 0. The molecule has 1 aromatic heterocycles. The van der Waals surface area contributed by atoms with Crippen LogP contribution in [0.25, 0.3) is 0 Å². The molecule has 1 rings (SSSR count). The van der Waals surface area contributed by atoms with Crippen molar-refractivity contribution in [3.8, 4) is 0 Å². The van der Waals surface area contributed by atoms with Gasteiger partial charge in [0.25, 0.3) is 0 Å². The van der Waals surface area contributed by atoms with Crippen LogP contribution < -0.4 is 10.2 Å². The second-order valence-corrected chi connectivity index (χ2v) is 5.29. The number of nitrogens with one attached hydrogen (secondary N) is 1. The number of hydrogen-bond donors (Lipinski definition) is 1. The number of nitrogens with zero attached hydrogens (tertiary/aromatic N) is 3. The van der Waals surface area contributed by atoms with Crippen molar-refractivity contribution in [1.82, 2.24) is 15.5 Å². The predicted octanol–water partition coefficient (Wildman–Crippen LogP) is 2.46. The van der Waals surface area contributed by atoms with Gasteiger partial charge in [-0.15, -0.1) is 5.10 Å². The molecule has 0 unspecified atom stereocenters. The van der Waals surface area contributed by atoms with Gasteiger partial charge in [-0.2, -0.15) is 5.10 Å². The number of aromatic nitrogens is 2. The van der Waals surface area contributed by atoms with Crippen LogP contribution in [-0.2, 0) is 6.54 Å². The maximum Gasteiger partial charge on any atom is 0.151 e. The van der Waals surface area contributed by atoms with Crippen LogP contribution in [0.5, 0.6) is 0 Å². The number of rotatable bonds is 7. The van der Waals surface area contributed by atoms with Crippen molar-refractivity contribution in [1.29, 1.82) is 0 Å². The standard InChI is InChI=1S/C14H26N4/c1-6-18(12(4)5)14-8-7-13(16-17-14)10-15-9-11(2)3/h7-8,11-12,15H,6,9-10H2,1-5H3. The number of hydrogen-bond acceptors (Lipinski definition) is 4. The summed E-state index contributed by atoms with van der Waals surface area (Å²) in [6.45, 7) is 13.6. The van der Waals surface area contributed by atoms with Crippen LogP contribution in [0, 0.1) is 5.92 Å². The van der Waals surface area contributed by atoms with E-state index in [2.05, 4.69) is 67.2 Å². The quantitative estimate of drug-likeness (QED) is 0.807. The van der Waals surface area contributed by atoms with Gasteiger partial charge in [-0.25, -0.2) is 0 Å². The zero-order chi connectivity index (χ0) is 13.5. The van der Waals surface area contributed by atoms with E-state index in [9.17, 15) is 0 Å². The zero-order valence-corrected chi connectivity index (χ0v) is 12.3. The minimum atomic E-state index is 0.453. The lowest BCUT2D eigenvalue weighted by molar-refractivity contribution is 0.545. The summed E-state index contributed by atoms with van der Waals surface area (Å²) in [5.41, 5.74) is 0.999. The van der Waals surface area contributed by atoms with E-state index in [1.807, 2.05) is 0 Å². The summed E-state index contributed by atoms with van der Waals surface area (Å²) >= 11 is 0. The zero-order valence-electron chi connectivity index (χ0n) is 12.3. The van der Waals surface area contributed by atoms with Crippen molar-refractivity contribution < 1.29 is 0 Å². The van der Waals surface area contributed by atoms with Crippen molar-refractivity contribution in [2.24, 2.45) is 5.92 Å². The summed E-state index contributed by atoms with van der Waals surface area (Å²) in [7, 11) is 0. The molecule has 0 fully saturated rings. The first kappa shape index (κ1) is 14.9. The molecular weight excluding hydrogens is 224 g/mol. The predicted molar refractivity (Wildman–Crippen MR) is 76.7 cm³/mol. The summed E-state index contributed by atoms with van der Waals surface area (Å²) in [5.74, 6) is 1.62. The average molecular weight is 250 g/mol. The summed E-state index contributed by atoms with van der Waals surface area (Å²) in [4.78, 5) is 2.23. The van der Waals surface area contributed by atoms with E-state index in [1.54, 1.807) is 0 Å². The van der Waals surface area contributed by atoms with Crippen LogP contribution in [0.15, 0.2) is 12.1 Å². The fraction of sp³-hybridized carbons (Fsp3) is 0.714. The van der Waals surface area contributed by atoms with E-state index in [1.165, 1.54) is 0 Å². The third kappa shape index (κ3) is 4.61. The van der Waals surface area contributed by atoms with Gasteiger partial charge in [0.1, 0.15) is 0 Å². The Morgan fingerprint density at radius 1 is 1.17 bits per heavy atom. The normalized spacial score (nSPS) is 11.3. The molecular formula is C14H26N4. The highest BCUT2D eigenvalue weighted by molar-refractivity contribution is 5.38. The lowest BCUT2D eigenvalue weighted by Gasteiger charge is -2.25. The largest absolute Gasteiger partial charge is 0.353 e. The van der Waals surface area contributed by atoms with E-state index in [0.717, 1.165) is 31.1 Å². The first-order chi connectivity index (χ1) is 8.54. The Morgan fingerprint density at radius 3 is 2.33 bits per heavy atom. The minimum Gasteiger partial charge on any atom is -0.353 e. The third-order valence-corrected chi connectivity index (χ3v) is 2.82. The van der Waals surface area contributed by atoms with Gasteiger partial charge in [-0.05, 0) is 45.4 Å². The first-order valence-electron chi connectivity index (χ1n) is 6.84. The van der Waals surface area contributed by atoms with Crippen molar-refractivity contribution in [3.05, 3.63) is 17.8 Å². The van der Waals surface area contributed by atoms with Gasteiger partial charge in [0, 0.05) is 19.1 Å². The molecule has 0 atom stereocenters. The van der Waals surface area contributed by atoms with E-state index < -0.39 is 0 Å². The molecule has 0 bridgehead atoms. The second kappa shape index (κ2) is 7.31. The van der Waals surface area contributed by atoms with Crippen molar-refractivity contribution in [2.75, 3.05) is 18.0 Å². The molecule has 1 heterocycles. The molecule has 102 valence electrons. The Morgan fingerprint density at radius 2 is 1.89 bits per heavy atom. The van der Waals surface area contributed by atoms with E-state index in [4.69, 9.17) is 0 Å². The molecule has 0 aliphatic rings. The molecule has 0 aromatic carbocycles. The Bertz CT molecular complexity index is 332. The molecule has 0 aliphatic heterocycles. The fourth-order valence-electron chi connectivity index (χ4n) is 1.88. The molecule has 0 aliphatic carbocycles. The van der Waals surface area contributed by atoms with E-state index in [-0.39, 0.29) is 0 Å². The molecule has 1 N–H and O–H groups in total. The van der Waals surface area contributed by atoms with Gasteiger partial charge in [0.2, 0.25) is 0 Å². The molecule has 18 heavy (non-hydrogen) atoms. The van der Waals surface area contributed by atoms with Gasteiger partial charge in [-0.1, -0.05) is 13.8 Å². The highest BCUT2D eigenvalue weighted by Gasteiger charge is 2.09. The summed E-state index contributed by atoms with van der Waals surface area (Å²) < 4.78 is 0. The van der Waals surface area contributed by atoms with Crippen molar-refractivity contribution >= 4 is 5.82 Å². The lowest BCUT2D eigenvalue weighted by Crippen LogP contribution is -2.31. The first-order valence-corrected chi connectivity index (χ1v) is 6.84. The van der Waals surface area contributed by atoms with Crippen LogP contribution in [0.4, 0.5) is 5.82 Å². The molecule has 1 aromatic rings. The highest BCUT2D eigenvalue weighted by atomic mass is 15.3. The van der Waals surface area contributed by atoms with E-state index >= 15 is 0 Å². The fourth-order valence-corrected chi connectivity index (χ4v) is 1.88. The minimum absolute atomic E-state index is 0.453. The van der Waals surface area contributed by atoms with Gasteiger partial charge < -0.3 is 10.2 Å². The molecule has 4 nitrogen and oxygen atoms in total. The highest BCUT2D eigenvalue weighted by Crippen LogP contribution is 2.12. The van der Waals surface area contributed by atoms with Crippen LogP contribution in [-0.4, -0.2) is 29.3 Å². The van der Waals surface area contributed by atoms with Gasteiger partial charge in [0.15, 0.2) is 5.82 Å². The molecule has 4 heteroatoms. The van der Waals surface area contributed by atoms with Crippen LogP contribution in [0.1, 0.15) is 40.3 Å². The van der Waals surface area contributed by atoms with Gasteiger partial charge >= 0.3 is 0 Å². The van der Waals surface area contributed by atoms with Gasteiger partial charge in [-0.3, -0.25) is 0 Å². The third-order valence-electron chi connectivity index (χ3n) is 2.82. The molecule has 0 radical (unpaired) electrons. The lowest BCUT2D eigenvalue weighted by atomic mass is 10.2. The Hall–Kier alpha value is -1.16. The maximum absolute atomic E-state index is 4.30. The average Bonchev–Trinajstić information content (AvgIpc) is 2.31. The topological polar surface area (TPSA) is 41.0 Å². The van der Waals surface area contributed by atoms with Crippen LogP contribution in [0.2, 0.25) is 0 Å². The Labute approximate surface area is 111 Å². The summed E-state index contributed by atoms with van der Waals surface area (Å²) in [5, 5.41) is 11.9. The van der Waals surface area contributed by atoms with Gasteiger partial charge in [0.05, 0.1) is 5.69 Å². The Kier molecular flexibility index (Phi) is 6.05.